The van der Waals surface area contributed by atoms with Crippen LogP contribution in [-0.4, -0.2) is 9.97 Å². The number of aromatic nitrogens is 2. The summed E-state index contributed by atoms with van der Waals surface area (Å²) in [6, 6.07) is 25.2. The smallest absolute Gasteiger partial charge is 0.873 e. The van der Waals surface area contributed by atoms with Crippen LogP contribution in [0.25, 0.3) is 16.7 Å². The zero-order valence-electron chi connectivity index (χ0n) is 21.2. The van der Waals surface area contributed by atoms with Crippen molar-refractivity contribution in [2.45, 2.75) is 52.4 Å². The van der Waals surface area contributed by atoms with Crippen molar-refractivity contribution >= 4 is 11.4 Å². The Morgan fingerprint density at radius 3 is 1.60 bits per heavy atom. The number of benzene rings is 2. The third kappa shape index (κ3) is 8.04. The van der Waals surface area contributed by atoms with E-state index >= 15 is 0 Å². The molecule has 2 aromatic carbocycles. The molecule has 0 aliphatic heterocycles. The van der Waals surface area contributed by atoms with Gasteiger partial charge in [-0.05, 0) is 40.7 Å². The summed E-state index contributed by atoms with van der Waals surface area (Å²) in [5.41, 5.74) is 4.93. The van der Waals surface area contributed by atoms with Crippen LogP contribution in [0.2, 0.25) is 0 Å². The van der Waals surface area contributed by atoms with E-state index in [1.807, 2.05) is 78.9 Å². The van der Waals surface area contributed by atoms with Gasteiger partial charge in [-0.3, -0.25) is 9.97 Å². The normalized spacial score (nSPS) is 11.0. The summed E-state index contributed by atoms with van der Waals surface area (Å²) in [7, 11) is 0. The van der Waals surface area contributed by atoms with E-state index in [-0.39, 0.29) is 37.6 Å². The minimum Gasteiger partial charge on any atom is -0.873 e. The Balaban J connectivity index is 0.000000280. The third-order valence-corrected chi connectivity index (χ3v) is 5.34. The van der Waals surface area contributed by atoms with E-state index in [4.69, 9.17) is 0 Å². The first-order chi connectivity index (χ1) is 16.1. The molecule has 184 valence electrons. The quantitative estimate of drug-likeness (QED) is 0.228. The summed E-state index contributed by atoms with van der Waals surface area (Å²) >= 11 is 0. The largest absolute Gasteiger partial charge is 2.00 e. The van der Waals surface area contributed by atoms with Crippen LogP contribution in [0, 0.1) is 0 Å². The van der Waals surface area contributed by atoms with E-state index in [1.165, 1.54) is 0 Å². The van der Waals surface area contributed by atoms with Gasteiger partial charge in [-0.15, -0.1) is 17.1 Å². The molecule has 0 atom stereocenters. The molecule has 2 heterocycles. The maximum Gasteiger partial charge on any atom is 2.00 e. The van der Waals surface area contributed by atoms with E-state index in [1.54, 1.807) is 12.4 Å². The molecule has 0 saturated carbocycles. The predicted molar refractivity (Wildman–Crippen MR) is 140 cm³/mol. The summed E-state index contributed by atoms with van der Waals surface area (Å²) in [5.74, 6) is 0.0318. The molecule has 0 unspecified atom stereocenters. The van der Waals surface area contributed by atoms with Gasteiger partial charge in [-0.25, -0.2) is 0 Å². The first-order valence-electron chi connectivity index (χ1n) is 11.5. The van der Waals surface area contributed by atoms with Crippen molar-refractivity contribution < 1.29 is 26.2 Å². The number of pyridine rings is 2. The van der Waals surface area contributed by atoms with Crippen molar-refractivity contribution in [1.29, 1.82) is 0 Å². The molecule has 0 amide bonds. The Morgan fingerprint density at radius 2 is 1.17 bits per heavy atom. The first kappa shape index (κ1) is 28.3. The van der Waals surface area contributed by atoms with E-state index in [0.29, 0.717) is 5.69 Å². The van der Waals surface area contributed by atoms with Crippen LogP contribution in [0.15, 0.2) is 91.3 Å². The van der Waals surface area contributed by atoms with Crippen LogP contribution in [-0.2, 0) is 31.9 Å². The van der Waals surface area contributed by atoms with Crippen LogP contribution in [0.5, 0.6) is 5.75 Å². The van der Waals surface area contributed by atoms with Crippen LogP contribution < -0.4 is 5.11 Å². The molecule has 0 N–H and O–H groups in total. The topological polar surface area (TPSA) is 62.9 Å². The van der Waals surface area contributed by atoms with Gasteiger partial charge in [-0.2, -0.15) is 0 Å². The molecule has 4 nitrogen and oxygen atoms in total. The molecule has 4 aromatic rings. The summed E-state index contributed by atoms with van der Waals surface area (Å²) in [5, 5.41) is 17.4. The fraction of sp³-hybridized carbons (Fsp3) is 0.267. The molecule has 0 fully saturated rings. The van der Waals surface area contributed by atoms with Gasteiger partial charge in [0.05, 0.1) is 11.4 Å². The summed E-state index contributed by atoms with van der Waals surface area (Å²) < 4.78 is 0. The maximum atomic E-state index is 12.8. The van der Waals surface area contributed by atoms with Gasteiger partial charge in [0, 0.05) is 12.4 Å². The second-order valence-electron chi connectivity index (χ2n) is 10.2. The summed E-state index contributed by atoms with van der Waals surface area (Å²) in [6.45, 7) is 12.7. The van der Waals surface area contributed by atoms with E-state index in [0.717, 1.165) is 28.2 Å². The Morgan fingerprint density at radius 1 is 0.657 bits per heavy atom. The van der Waals surface area contributed by atoms with Gasteiger partial charge in [0.2, 0.25) is 0 Å². The van der Waals surface area contributed by atoms with E-state index in [9.17, 15) is 5.11 Å². The van der Waals surface area contributed by atoms with Gasteiger partial charge in [0.25, 0.3) is 0 Å². The van der Waals surface area contributed by atoms with Crippen molar-refractivity contribution in [1.82, 2.24) is 9.97 Å². The van der Waals surface area contributed by atoms with Crippen molar-refractivity contribution in [3.05, 3.63) is 108 Å². The van der Waals surface area contributed by atoms with Crippen LogP contribution in [0.4, 0.5) is 11.4 Å². The number of para-hydroxylation sites is 1. The standard InChI is InChI=1S/C20H26NO.C10H8N2.Pt/c1-19(2,3)14-12-16(20(4,5)6)18(22)17(13-14)21-15-10-8-7-9-11-15;1-3-7-11-9(5-1)10-6-2-4-8-12-10;/h7-13,22H,1-6H3;1-8H;/q-1;;+2/p-1. The summed E-state index contributed by atoms with van der Waals surface area (Å²) in [4.78, 5) is 8.37. The van der Waals surface area contributed by atoms with Gasteiger partial charge < -0.3 is 10.4 Å². The molecular formula is C30H33N3OPt. The molecule has 2 aromatic heterocycles. The van der Waals surface area contributed by atoms with Crippen LogP contribution in [0.1, 0.15) is 52.7 Å². The molecule has 0 aliphatic rings. The Bertz CT molecular complexity index is 1150. The molecule has 5 heteroatoms. The van der Waals surface area contributed by atoms with Crippen LogP contribution in [0.3, 0.4) is 0 Å². The zero-order chi connectivity index (χ0) is 24.8. The van der Waals surface area contributed by atoms with Crippen molar-refractivity contribution in [2.24, 2.45) is 0 Å². The Hall–Kier alpha value is -2.97. The molecular weight excluding hydrogens is 613 g/mol. The molecule has 0 saturated heterocycles. The minimum atomic E-state index is -0.195. The van der Waals surface area contributed by atoms with Crippen molar-refractivity contribution in [3.8, 4) is 17.1 Å². The molecule has 0 aliphatic carbocycles. The number of rotatable bonds is 3. The Kier molecular flexibility index (Phi) is 9.80. The monoisotopic (exact) mass is 646 g/mol. The number of nitrogens with zero attached hydrogens (tertiary/aromatic N) is 3. The van der Waals surface area contributed by atoms with Crippen LogP contribution >= 0.6 is 0 Å². The molecule has 0 bridgehead atoms. The third-order valence-electron chi connectivity index (χ3n) is 5.34. The first-order valence-corrected chi connectivity index (χ1v) is 11.5. The second kappa shape index (κ2) is 12.1. The van der Waals surface area contributed by atoms with E-state index in [2.05, 4.69) is 56.8 Å². The zero-order valence-corrected chi connectivity index (χ0v) is 23.5. The van der Waals surface area contributed by atoms with Crippen molar-refractivity contribution in [2.75, 3.05) is 0 Å². The number of hydrogen-bond donors (Lipinski definition) is 0. The minimum absolute atomic E-state index is 0. The fourth-order valence-electron chi connectivity index (χ4n) is 3.36. The maximum absolute atomic E-state index is 12.8. The van der Waals surface area contributed by atoms with Gasteiger partial charge >= 0.3 is 21.1 Å². The second-order valence-corrected chi connectivity index (χ2v) is 10.2. The Labute approximate surface area is 224 Å². The molecule has 4 rings (SSSR count). The van der Waals surface area contributed by atoms with Gasteiger partial charge in [0.15, 0.2) is 0 Å². The fourth-order valence-corrected chi connectivity index (χ4v) is 3.36. The summed E-state index contributed by atoms with van der Waals surface area (Å²) in [6.07, 6.45) is 3.54. The number of hydrogen-bond acceptors (Lipinski definition) is 3. The van der Waals surface area contributed by atoms with Gasteiger partial charge in [0.1, 0.15) is 0 Å². The average molecular weight is 647 g/mol. The van der Waals surface area contributed by atoms with E-state index < -0.39 is 0 Å². The average Bonchev–Trinajstić information content (AvgIpc) is 2.81. The predicted octanol–water partition coefficient (Wildman–Crippen LogP) is 7.83. The van der Waals surface area contributed by atoms with Crippen molar-refractivity contribution in [3.63, 3.8) is 0 Å². The molecule has 0 spiro atoms. The molecule has 35 heavy (non-hydrogen) atoms. The van der Waals surface area contributed by atoms with Gasteiger partial charge in [-0.1, -0.05) is 102 Å². The molecule has 0 radical (unpaired) electrons. The SMILES string of the molecule is CC(C)(C)c1cc([N-]c2ccccc2)c([O-])c(C(C)(C)C)c1.[Pt+2].c1ccc(-c2ccccn2)nc1.